The maximum Gasteiger partial charge on any atom is 0.330 e. The Morgan fingerprint density at radius 1 is 1.09 bits per heavy atom. The number of benzene rings is 1. The van der Waals surface area contributed by atoms with Gasteiger partial charge in [-0.05, 0) is 31.5 Å². The van der Waals surface area contributed by atoms with Gasteiger partial charge in [-0.1, -0.05) is 23.7 Å². The Bertz CT molecular complexity index is 808. The molecule has 5 nitrogen and oxygen atoms in total. The predicted molar refractivity (Wildman–Crippen MR) is 92.8 cm³/mol. The van der Waals surface area contributed by atoms with Crippen LogP contribution >= 0.6 is 11.6 Å². The monoisotopic (exact) mass is 335 g/mol. The van der Waals surface area contributed by atoms with Crippen LogP contribution in [0.3, 0.4) is 0 Å². The lowest BCUT2D eigenvalue weighted by Gasteiger charge is -2.27. The lowest BCUT2D eigenvalue weighted by molar-refractivity contribution is 0.198. The smallest absolute Gasteiger partial charge is 0.299 e. The van der Waals surface area contributed by atoms with Crippen LogP contribution in [0.15, 0.2) is 39.9 Å². The summed E-state index contributed by atoms with van der Waals surface area (Å²) in [7, 11) is 3.18. The van der Waals surface area contributed by atoms with E-state index in [0.717, 1.165) is 10.1 Å². The van der Waals surface area contributed by atoms with Crippen LogP contribution < -0.4 is 11.2 Å². The third-order valence-corrected chi connectivity index (χ3v) is 4.23. The highest BCUT2D eigenvalue weighted by Gasteiger charge is 2.14. The topological polar surface area (TPSA) is 47.2 Å². The minimum absolute atomic E-state index is 0.258. The molecule has 0 aliphatic rings. The molecule has 1 aromatic carbocycles. The number of hydrogen-bond acceptors (Lipinski definition) is 3. The van der Waals surface area contributed by atoms with Gasteiger partial charge >= 0.3 is 5.69 Å². The third kappa shape index (κ3) is 4.12. The SMILES string of the molecule is CC(C)N(Cc1cccc(Cl)c1)Cc1cc(=O)n(C)c(=O)n1C. The second-order valence-electron chi connectivity index (χ2n) is 6.00. The van der Waals surface area contributed by atoms with Gasteiger partial charge in [0.15, 0.2) is 0 Å². The van der Waals surface area contributed by atoms with Crippen LogP contribution in [0, 0.1) is 0 Å². The van der Waals surface area contributed by atoms with Crippen LogP contribution in [0.4, 0.5) is 0 Å². The standard InChI is InChI=1S/C17H22ClN3O2/c1-12(2)21(10-13-6-5-7-14(18)8-13)11-15-9-16(22)20(4)17(23)19(15)3/h5-9,12H,10-11H2,1-4H3. The molecule has 0 aliphatic carbocycles. The van der Waals surface area contributed by atoms with Gasteiger partial charge in [0.2, 0.25) is 0 Å². The molecule has 1 heterocycles. The molecule has 0 spiro atoms. The number of nitrogens with zero attached hydrogens (tertiary/aromatic N) is 3. The number of halogens is 1. The fourth-order valence-electron chi connectivity index (χ4n) is 2.43. The van der Waals surface area contributed by atoms with Crippen molar-refractivity contribution >= 4 is 11.6 Å². The maximum absolute atomic E-state index is 12.1. The lowest BCUT2D eigenvalue weighted by atomic mass is 10.1. The molecule has 0 aliphatic heterocycles. The van der Waals surface area contributed by atoms with Crippen LogP contribution in [-0.2, 0) is 27.2 Å². The van der Waals surface area contributed by atoms with Gasteiger partial charge in [-0.2, -0.15) is 0 Å². The molecular weight excluding hydrogens is 314 g/mol. The van der Waals surface area contributed by atoms with E-state index >= 15 is 0 Å². The first kappa shape index (κ1) is 17.5. The molecule has 23 heavy (non-hydrogen) atoms. The molecular formula is C17H22ClN3O2. The van der Waals surface area contributed by atoms with Crippen LogP contribution in [0.25, 0.3) is 0 Å². The normalized spacial score (nSPS) is 11.4. The average Bonchev–Trinajstić information content (AvgIpc) is 2.49. The van der Waals surface area contributed by atoms with Crippen molar-refractivity contribution in [3.8, 4) is 0 Å². The summed E-state index contributed by atoms with van der Waals surface area (Å²) in [5.41, 5.74) is 1.21. The summed E-state index contributed by atoms with van der Waals surface area (Å²) in [5.74, 6) is 0. The minimum atomic E-state index is -0.307. The van der Waals surface area contributed by atoms with Gasteiger partial charge in [-0.3, -0.25) is 18.8 Å². The predicted octanol–water partition coefficient (Wildman–Crippen LogP) is 2.15. The molecule has 124 valence electrons. The zero-order valence-corrected chi connectivity index (χ0v) is 14.7. The van der Waals surface area contributed by atoms with Gasteiger partial charge in [0.1, 0.15) is 0 Å². The molecule has 0 radical (unpaired) electrons. The van der Waals surface area contributed by atoms with Gasteiger partial charge < -0.3 is 0 Å². The van der Waals surface area contributed by atoms with Crippen molar-refractivity contribution in [2.24, 2.45) is 14.1 Å². The number of rotatable bonds is 5. The zero-order chi connectivity index (χ0) is 17.1. The summed E-state index contributed by atoms with van der Waals surface area (Å²) in [4.78, 5) is 26.1. The molecule has 2 rings (SSSR count). The summed E-state index contributed by atoms with van der Waals surface area (Å²) >= 11 is 6.04. The molecule has 0 N–H and O–H groups in total. The van der Waals surface area contributed by atoms with Crippen LogP contribution in [0.2, 0.25) is 5.02 Å². The summed E-state index contributed by atoms with van der Waals surface area (Å²) in [5, 5.41) is 0.701. The molecule has 0 atom stereocenters. The summed E-state index contributed by atoms with van der Waals surface area (Å²) in [6, 6.07) is 9.49. The van der Waals surface area contributed by atoms with Crippen molar-refractivity contribution in [3.63, 3.8) is 0 Å². The van der Waals surface area contributed by atoms with Gasteiger partial charge in [0.25, 0.3) is 5.56 Å². The molecule has 0 saturated carbocycles. The number of hydrogen-bond donors (Lipinski definition) is 0. The van der Waals surface area contributed by atoms with Gasteiger partial charge in [0, 0.05) is 50.0 Å². The quantitative estimate of drug-likeness (QED) is 0.841. The van der Waals surface area contributed by atoms with Crippen molar-refractivity contribution in [2.75, 3.05) is 0 Å². The zero-order valence-electron chi connectivity index (χ0n) is 13.9. The van der Waals surface area contributed by atoms with E-state index in [2.05, 4.69) is 18.7 Å². The second kappa shape index (κ2) is 7.15. The first-order valence-electron chi connectivity index (χ1n) is 7.54. The van der Waals surface area contributed by atoms with E-state index in [1.165, 1.54) is 17.7 Å². The fourth-order valence-corrected chi connectivity index (χ4v) is 2.64. The Morgan fingerprint density at radius 2 is 1.78 bits per heavy atom. The Balaban J connectivity index is 2.31. The van der Waals surface area contributed by atoms with E-state index in [-0.39, 0.29) is 17.3 Å². The van der Waals surface area contributed by atoms with E-state index in [1.54, 1.807) is 7.05 Å². The third-order valence-electron chi connectivity index (χ3n) is 4.00. The molecule has 1 aromatic heterocycles. The Morgan fingerprint density at radius 3 is 2.39 bits per heavy atom. The van der Waals surface area contributed by atoms with Crippen molar-refractivity contribution in [1.82, 2.24) is 14.0 Å². The minimum Gasteiger partial charge on any atom is -0.299 e. The van der Waals surface area contributed by atoms with Crippen molar-refractivity contribution in [1.29, 1.82) is 0 Å². The van der Waals surface area contributed by atoms with E-state index in [0.29, 0.717) is 23.8 Å². The molecule has 0 bridgehead atoms. The van der Waals surface area contributed by atoms with Crippen molar-refractivity contribution in [2.45, 2.75) is 33.0 Å². The van der Waals surface area contributed by atoms with E-state index in [9.17, 15) is 9.59 Å². The largest absolute Gasteiger partial charge is 0.330 e. The molecule has 0 fully saturated rings. The van der Waals surface area contributed by atoms with Crippen LogP contribution in [0.5, 0.6) is 0 Å². The van der Waals surface area contributed by atoms with Gasteiger partial charge in [-0.15, -0.1) is 0 Å². The van der Waals surface area contributed by atoms with Crippen molar-refractivity contribution < 1.29 is 0 Å². The van der Waals surface area contributed by atoms with E-state index < -0.39 is 0 Å². The summed E-state index contributed by atoms with van der Waals surface area (Å²) in [6.07, 6.45) is 0. The fraction of sp³-hybridized carbons (Fsp3) is 0.412. The highest BCUT2D eigenvalue weighted by atomic mass is 35.5. The highest BCUT2D eigenvalue weighted by Crippen LogP contribution is 2.15. The molecule has 0 unspecified atom stereocenters. The second-order valence-corrected chi connectivity index (χ2v) is 6.44. The Labute approximate surface area is 140 Å². The molecule has 6 heteroatoms. The van der Waals surface area contributed by atoms with Crippen LogP contribution in [0.1, 0.15) is 25.1 Å². The van der Waals surface area contributed by atoms with Gasteiger partial charge in [-0.25, -0.2) is 4.79 Å². The maximum atomic E-state index is 12.1. The molecule has 0 saturated heterocycles. The Kier molecular flexibility index (Phi) is 5.44. The lowest BCUT2D eigenvalue weighted by Crippen LogP contribution is -2.40. The van der Waals surface area contributed by atoms with E-state index in [4.69, 9.17) is 11.6 Å². The molecule has 0 amide bonds. The number of aromatic nitrogens is 2. The van der Waals surface area contributed by atoms with Gasteiger partial charge in [0.05, 0.1) is 0 Å². The first-order valence-corrected chi connectivity index (χ1v) is 7.92. The first-order chi connectivity index (χ1) is 10.8. The van der Waals surface area contributed by atoms with Crippen LogP contribution in [-0.4, -0.2) is 20.1 Å². The van der Waals surface area contributed by atoms with Crippen molar-refractivity contribution in [3.05, 3.63) is 67.4 Å². The summed E-state index contributed by atoms with van der Waals surface area (Å²) in [6.45, 7) is 5.39. The average molecular weight is 336 g/mol. The summed E-state index contributed by atoms with van der Waals surface area (Å²) < 4.78 is 2.63. The molecule has 2 aromatic rings. The highest BCUT2D eigenvalue weighted by molar-refractivity contribution is 6.30. The van der Waals surface area contributed by atoms with E-state index in [1.807, 2.05) is 24.3 Å². The Hall–Kier alpha value is -1.85.